The van der Waals surface area contributed by atoms with E-state index >= 15 is 0 Å². The number of carbonyl (C=O) groups excluding carboxylic acids is 1. The molecule has 4 nitrogen and oxygen atoms in total. The van der Waals surface area contributed by atoms with E-state index in [0.29, 0.717) is 11.1 Å². The molecule has 1 aliphatic heterocycles. The zero-order valence-electron chi connectivity index (χ0n) is 20.1. The van der Waals surface area contributed by atoms with Crippen LogP contribution in [0.15, 0.2) is 48.5 Å². The molecule has 1 heterocycles. The lowest BCUT2D eigenvalue weighted by molar-refractivity contribution is -0.128. The Labute approximate surface area is 203 Å². The number of ether oxygens (including phenoxy) is 1. The second-order valence-corrected chi connectivity index (χ2v) is 10.4. The highest BCUT2D eigenvalue weighted by Crippen LogP contribution is 2.41. The van der Waals surface area contributed by atoms with Crippen molar-refractivity contribution in [1.29, 1.82) is 0 Å². The Morgan fingerprint density at radius 3 is 2.42 bits per heavy atom. The van der Waals surface area contributed by atoms with Crippen LogP contribution in [0.3, 0.4) is 0 Å². The maximum Gasteiger partial charge on any atom is 0.224 e. The van der Waals surface area contributed by atoms with Gasteiger partial charge in [-0.05, 0) is 66.8 Å². The molecule has 1 saturated heterocycles. The fraction of sp³-hybridized carbons (Fsp3) is 0.536. The Balaban J connectivity index is 1.56. The van der Waals surface area contributed by atoms with E-state index in [-0.39, 0.29) is 29.7 Å². The lowest BCUT2D eigenvalue weighted by atomic mass is 9.71. The van der Waals surface area contributed by atoms with Gasteiger partial charge < -0.3 is 10.1 Å². The minimum Gasteiger partial charge on any atom is -0.379 e. The summed E-state index contributed by atoms with van der Waals surface area (Å²) in [4.78, 5) is 16.3. The number of amides is 1. The lowest BCUT2D eigenvalue weighted by Gasteiger charge is -2.43. The van der Waals surface area contributed by atoms with Crippen LogP contribution in [0.2, 0.25) is 5.02 Å². The van der Waals surface area contributed by atoms with E-state index in [9.17, 15) is 4.79 Å². The molecule has 0 aromatic heterocycles. The Morgan fingerprint density at radius 2 is 1.76 bits per heavy atom. The number of carbonyl (C=O) groups is 1. The van der Waals surface area contributed by atoms with Gasteiger partial charge >= 0.3 is 0 Å². The number of nitrogens with zero attached hydrogens (tertiary/aromatic N) is 1. The topological polar surface area (TPSA) is 41.6 Å². The highest BCUT2D eigenvalue weighted by Gasteiger charge is 2.39. The van der Waals surface area contributed by atoms with Crippen LogP contribution in [0.5, 0.6) is 0 Å². The molecule has 2 aromatic carbocycles. The fourth-order valence-corrected chi connectivity index (χ4v) is 5.77. The highest BCUT2D eigenvalue weighted by atomic mass is 35.5. The average Bonchev–Trinajstić information content (AvgIpc) is 2.83. The summed E-state index contributed by atoms with van der Waals surface area (Å²) in [5.74, 6) is 0.678. The molecule has 1 saturated carbocycles. The quantitative estimate of drug-likeness (QED) is 0.587. The number of benzene rings is 2. The number of morpholine rings is 1. The molecular formula is C28H37ClN2O2. The van der Waals surface area contributed by atoms with Crippen LogP contribution in [-0.2, 0) is 9.53 Å². The Bertz CT molecular complexity index is 924. The van der Waals surface area contributed by atoms with Crippen LogP contribution in [0.25, 0.3) is 0 Å². The third-order valence-corrected chi connectivity index (χ3v) is 7.75. The van der Waals surface area contributed by atoms with Gasteiger partial charge in [-0.25, -0.2) is 0 Å². The number of nitrogens with one attached hydrogen (secondary N) is 1. The minimum atomic E-state index is -0.0238. The molecule has 33 heavy (non-hydrogen) atoms. The van der Waals surface area contributed by atoms with Crippen LogP contribution >= 0.6 is 11.6 Å². The Hall–Kier alpha value is -1.88. The lowest BCUT2D eigenvalue weighted by Crippen LogP contribution is -2.48. The zero-order chi connectivity index (χ0) is 23.4. The number of rotatable bonds is 6. The number of halogens is 1. The van der Waals surface area contributed by atoms with Gasteiger partial charge in [-0.15, -0.1) is 0 Å². The normalized spacial score (nSPS) is 25.1. The molecule has 0 bridgehead atoms. The van der Waals surface area contributed by atoms with Crippen molar-refractivity contribution in [2.45, 2.75) is 58.0 Å². The predicted molar refractivity (Wildman–Crippen MR) is 135 cm³/mol. The van der Waals surface area contributed by atoms with Crippen LogP contribution in [0.4, 0.5) is 0 Å². The monoisotopic (exact) mass is 468 g/mol. The minimum absolute atomic E-state index is 0.0167. The van der Waals surface area contributed by atoms with Crippen LogP contribution < -0.4 is 5.32 Å². The van der Waals surface area contributed by atoms with Gasteiger partial charge in [0.25, 0.3) is 0 Å². The van der Waals surface area contributed by atoms with Crippen LogP contribution in [-0.4, -0.2) is 43.2 Å². The smallest absolute Gasteiger partial charge is 0.224 e. The third kappa shape index (κ3) is 5.79. The van der Waals surface area contributed by atoms with E-state index < -0.39 is 0 Å². The Morgan fingerprint density at radius 1 is 1.06 bits per heavy atom. The largest absolute Gasteiger partial charge is 0.379 e. The van der Waals surface area contributed by atoms with Gasteiger partial charge in [0, 0.05) is 30.1 Å². The van der Waals surface area contributed by atoms with Gasteiger partial charge in [0.2, 0.25) is 5.91 Å². The molecule has 178 valence electrons. The van der Waals surface area contributed by atoms with E-state index in [1.165, 1.54) is 11.1 Å². The van der Waals surface area contributed by atoms with Crippen molar-refractivity contribution < 1.29 is 9.53 Å². The van der Waals surface area contributed by atoms with Crippen molar-refractivity contribution in [3.8, 4) is 0 Å². The molecule has 2 aromatic rings. The molecule has 2 fully saturated rings. The van der Waals surface area contributed by atoms with Crippen LogP contribution in [0, 0.1) is 18.8 Å². The summed E-state index contributed by atoms with van der Waals surface area (Å²) in [6, 6.07) is 17.0. The van der Waals surface area contributed by atoms with E-state index in [0.717, 1.165) is 51.1 Å². The molecule has 1 amide bonds. The standard InChI is InChI=1S/C28H37ClN2O2/c1-19(2)27(21-8-10-22(29)11-9-21)30-28(32)25-13-12-23(31-14-16-33-17-15-31)18-26(25)24-7-5-4-6-20(24)3/h4-11,19,23,25-27H,12-18H2,1-3H3,(H,30,32)/t23-,25-,26+,27?/m1/s1. The van der Waals surface area contributed by atoms with Crippen molar-refractivity contribution in [3.05, 3.63) is 70.2 Å². The summed E-state index contributed by atoms with van der Waals surface area (Å²) in [6.45, 7) is 10.1. The fourth-order valence-electron chi connectivity index (χ4n) is 5.65. The third-order valence-electron chi connectivity index (χ3n) is 7.50. The SMILES string of the molecule is Cc1ccccc1[C@@H]1C[C@H](N2CCOCC2)CC[C@H]1C(=O)NC(c1ccc(Cl)cc1)C(C)C. The molecule has 4 rings (SSSR count). The molecular weight excluding hydrogens is 432 g/mol. The Kier molecular flexibility index (Phi) is 8.11. The summed E-state index contributed by atoms with van der Waals surface area (Å²) in [7, 11) is 0. The first kappa shape index (κ1) is 24.3. The van der Waals surface area contributed by atoms with Crippen molar-refractivity contribution in [2.75, 3.05) is 26.3 Å². The number of aryl methyl sites for hydroxylation is 1. The summed E-state index contributed by atoms with van der Waals surface area (Å²) < 4.78 is 5.58. The molecule has 1 unspecified atom stereocenters. The van der Waals surface area contributed by atoms with E-state index in [1.807, 2.05) is 24.3 Å². The first-order valence-electron chi connectivity index (χ1n) is 12.4. The van der Waals surface area contributed by atoms with Gasteiger partial charge in [0.1, 0.15) is 0 Å². The predicted octanol–water partition coefficient (Wildman–Crippen LogP) is 5.75. The van der Waals surface area contributed by atoms with E-state index in [4.69, 9.17) is 16.3 Å². The van der Waals surface area contributed by atoms with Gasteiger partial charge in [-0.1, -0.05) is 61.8 Å². The number of hydrogen-bond donors (Lipinski definition) is 1. The van der Waals surface area contributed by atoms with E-state index in [1.54, 1.807) is 0 Å². The summed E-state index contributed by atoms with van der Waals surface area (Å²) in [5.41, 5.74) is 3.71. The van der Waals surface area contributed by atoms with Crippen molar-refractivity contribution in [2.24, 2.45) is 11.8 Å². The molecule has 4 atom stereocenters. The maximum atomic E-state index is 13.8. The summed E-state index contributed by atoms with van der Waals surface area (Å²) in [6.07, 6.45) is 3.00. The maximum absolute atomic E-state index is 13.8. The van der Waals surface area contributed by atoms with Gasteiger partial charge in [-0.3, -0.25) is 9.69 Å². The number of hydrogen-bond acceptors (Lipinski definition) is 3. The summed E-state index contributed by atoms with van der Waals surface area (Å²) in [5, 5.41) is 4.14. The van der Waals surface area contributed by atoms with Crippen molar-refractivity contribution in [3.63, 3.8) is 0 Å². The van der Waals surface area contributed by atoms with Gasteiger partial charge in [0.15, 0.2) is 0 Å². The molecule has 5 heteroatoms. The average molecular weight is 469 g/mol. The van der Waals surface area contributed by atoms with Gasteiger partial charge in [0.05, 0.1) is 19.3 Å². The molecule has 0 radical (unpaired) electrons. The highest BCUT2D eigenvalue weighted by molar-refractivity contribution is 6.30. The molecule has 0 spiro atoms. The van der Waals surface area contributed by atoms with Crippen LogP contribution in [0.1, 0.15) is 61.8 Å². The van der Waals surface area contributed by atoms with Gasteiger partial charge in [-0.2, -0.15) is 0 Å². The second-order valence-electron chi connectivity index (χ2n) is 9.97. The molecule has 2 aliphatic rings. The van der Waals surface area contributed by atoms with E-state index in [2.05, 4.69) is 55.3 Å². The van der Waals surface area contributed by atoms with Crippen molar-refractivity contribution in [1.82, 2.24) is 10.2 Å². The zero-order valence-corrected chi connectivity index (χ0v) is 20.9. The van der Waals surface area contributed by atoms with Crippen molar-refractivity contribution >= 4 is 17.5 Å². The first-order valence-corrected chi connectivity index (χ1v) is 12.7. The molecule has 1 N–H and O–H groups in total. The summed E-state index contributed by atoms with van der Waals surface area (Å²) >= 11 is 6.10. The first-order chi connectivity index (χ1) is 15.9. The molecule has 1 aliphatic carbocycles. The second kappa shape index (κ2) is 11.0.